The molecular weight excluding hydrogens is 324 g/mol. The zero-order chi connectivity index (χ0) is 19.0. The SMILES string of the molecule is COc1cccc(C[C@H](NC(=O)[C@H](CC(C)C)NC(C)=O)C(=O)O)c1. The molecule has 1 aromatic rings. The molecule has 2 amide bonds. The normalized spacial score (nSPS) is 13.0. The predicted octanol–water partition coefficient (Wildman–Crippen LogP) is 1.36. The van der Waals surface area contributed by atoms with E-state index in [2.05, 4.69) is 10.6 Å². The minimum Gasteiger partial charge on any atom is -0.497 e. The van der Waals surface area contributed by atoms with E-state index in [1.807, 2.05) is 13.8 Å². The second-order valence-corrected chi connectivity index (χ2v) is 6.34. The molecule has 25 heavy (non-hydrogen) atoms. The van der Waals surface area contributed by atoms with Gasteiger partial charge in [0.05, 0.1) is 7.11 Å². The van der Waals surface area contributed by atoms with Gasteiger partial charge in [-0.1, -0.05) is 26.0 Å². The average Bonchev–Trinajstić information content (AvgIpc) is 2.52. The Labute approximate surface area is 147 Å². The third-order valence-electron chi connectivity index (χ3n) is 3.59. The van der Waals surface area contributed by atoms with Crippen molar-refractivity contribution >= 4 is 17.8 Å². The van der Waals surface area contributed by atoms with E-state index in [-0.39, 0.29) is 18.2 Å². The second kappa shape index (κ2) is 9.66. The van der Waals surface area contributed by atoms with Crippen molar-refractivity contribution in [1.82, 2.24) is 10.6 Å². The van der Waals surface area contributed by atoms with Crippen LogP contribution in [0.3, 0.4) is 0 Å². The van der Waals surface area contributed by atoms with Crippen LogP contribution in [0, 0.1) is 5.92 Å². The third-order valence-corrected chi connectivity index (χ3v) is 3.59. The second-order valence-electron chi connectivity index (χ2n) is 6.34. The van der Waals surface area contributed by atoms with E-state index in [0.29, 0.717) is 12.2 Å². The zero-order valence-electron chi connectivity index (χ0n) is 15.0. The van der Waals surface area contributed by atoms with Crippen LogP contribution in [-0.4, -0.2) is 42.1 Å². The number of methoxy groups -OCH3 is 1. The minimum atomic E-state index is -1.14. The molecule has 0 saturated carbocycles. The summed E-state index contributed by atoms with van der Waals surface area (Å²) in [5.74, 6) is -1.19. The van der Waals surface area contributed by atoms with Crippen molar-refractivity contribution < 1.29 is 24.2 Å². The van der Waals surface area contributed by atoms with Crippen molar-refractivity contribution in [3.63, 3.8) is 0 Å². The Morgan fingerprint density at radius 1 is 1.16 bits per heavy atom. The van der Waals surface area contributed by atoms with Gasteiger partial charge in [-0.3, -0.25) is 9.59 Å². The first-order valence-electron chi connectivity index (χ1n) is 8.16. The van der Waals surface area contributed by atoms with E-state index in [0.717, 1.165) is 5.56 Å². The topological polar surface area (TPSA) is 105 Å². The van der Waals surface area contributed by atoms with E-state index in [1.54, 1.807) is 24.3 Å². The average molecular weight is 350 g/mol. The molecule has 0 bridgehead atoms. The summed E-state index contributed by atoms with van der Waals surface area (Å²) in [4.78, 5) is 35.3. The van der Waals surface area contributed by atoms with Gasteiger partial charge in [-0.05, 0) is 30.0 Å². The Morgan fingerprint density at radius 2 is 1.84 bits per heavy atom. The van der Waals surface area contributed by atoms with Gasteiger partial charge in [-0.15, -0.1) is 0 Å². The van der Waals surface area contributed by atoms with Gasteiger partial charge in [0.15, 0.2) is 0 Å². The molecule has 2 atom stereocenters. The molecule has 0 saturated heterocycles. The van der Waals surface area contributed by atoms with E-state index in [9.17, 15) is 19.5 Å². The number of rotatable bonds is 9. The highest BCUT2D eigenvalue weighted by atomic mass is 16.5. The number of nitrogens with one attached hydrogen (secondary N) is 2. The summed E-state index contributed by atoms with van der Waals surface area (Å²) in [7, 11) is 1.53. The summed E-state index contributed by atoms with van der Waals surface area (Å²) in [5, 5.41) is 14.5. The summed E-state index contributed by atoms with van der Waals surface area (Å²) in [6, 6.07) is 5.15. The van der Waals surface area contributed by atoms with Gasteiger partial charge in [0.1, 0.15) is 17.8 Å². The lowest BCUT2D eigenvalue weighted by atomic mass is 10.0. The van der Waals surface area contributed by atoms with E-state index < -0.39 is 24.0 Å². The Kier molecular flexibility index (Phi) is 7.91. The predicted molar refractivity (Wildman–Crippen MR) is 93.3 cm³/mol. The maximum Gasteiger partial charge on any atom is 0.326 e. The van der Waals surface area contributed by atoms with Gasteiger partial charge >= 0.3 is 5.97 Å². The zero-order valence-corrected chi connectivity index (χ0v) is 15.0. The smallest absolute Gasteiger partial charge is 0.326 e. The maximum atomic E-state index is 12.4. The van der Waals surface area contributed by atoms with Crippen LogP contribution in [-0.2, 0) is 20.8 Å². The van der Waals surface area contributed by atoms with Gasteiger partial charge < -0.3 is 20.5 Å². The Balaban J connectivity index is 2.85. The van der Waals surface area contributed by atoms with Gasteiger partial charge in [-0.2, -0.15) is 0 Å². The fraction of sp³-hybridized carbons (Fsp3) is 0.500. The quantitative estimate of drug-likeness (QED) is 0.624. The number of amides is 2. The van der Waals surface area contributed by atoms with Crippen molar-refractivity contribution in [3.05, 3.63) is 29.8 Å². The van der Waals surface area contributed by atoms with E-state index >= 15 is 0 Å². The molecule has 0 spiro atoms. The van der Waals surface area contributed by atoms with Crippen LogP contribution in [0.4, 0.5) is 0 Å². The lowest BCUT2D eigenvalue weighted by Gasteiger charge is -2.22. The summed E-state index contributed by atoms with van der Waals surface area (Å²) in [6.45, 7) is 5.17. The molecule has 0 heterocycles. The van der Waals surface area contributed by atoms with Gasteiger partial charge in [-0.25, -0.2) is 4.79 Å². The van der Waals surface area contributed by atoms with Crippen LogP contribution in [0.15, 0.2) is 24.3 Å². The van der Waals surface area contributed by atoms with Crippen molar-refractivity contribution in [1.29, 1.82) is 0 Å². The molecule has 7 heteroatoms. The molecule has 0 aliphatic rings. The largest absolute Gasteiger partial charge is 0.497 e. The molecule has 1 aromatic carbocycles. The van der Waals surface area contributed by atoms with Gasteiger partial charge in [0, 0.05) is 13.3 Å². The molecule has 0 fully saturated rings. The number of benzene rings is 1. The minimum absolute atomic E-state index is 0.118. The Hall–Kier alpha value is -2.57. The lowest BCUT2D eigenvalue weighted by molar-refractivity contribution is -0.142. The van der Waals surface area contributed by atoms with Crippen LogP contribution in [0.5, 0.6) is 5.75 Å². The Morgan fingerprint density at radius 3 is 2.36 bits per heavy atom. The number of aliphatic carboxylic acids is 1. The van der Waals surface area contributed by atoms with E-state index in [4.69, 9.17) is 4.74 Å². The highest BCUT2D eigenvalue weighted by molar-refractivity contribution is 5.90. The van der Waals surface area contributed by atoms with Crippen LogP contribution in [0.2, 0.25) is 0 Å². The highest BCUT2D eigenvalue weighted by Gasteiger charge is 2.26. The molecule has 0 radical (unpaired) electrons. The molecule has 138 valence electrons. The lowest BCUT2D eigenvalue weighted by Crippen LogP contribution is -2.52. The monoisotopic (exact) mass is 350 g/mol. The van der Waals surface area contributed by atoms with Crippen molar-refractivity contribution in [2.45, 2.75) is 45.7 Å². The number of carbonyl (C=O) groups is 3. The number of hydrogen-bond acceptors (Lipinski definition) is 4. The number of ether oxygens (including phenoxy) is 1. The fourth-order valence-corrected chi connectivity index (χ4v) is 2.46. The molecule has 3 N–H and O–H groups in total. The summed E-state index contributed by atoms with van der Waals surface area (Å²) in [6.07, 6.45) is 0.545. The highest BCUT2D eigenvalue weighted by Crippen LogP contribution is 2.14. The fourth-order valence-electron chi connectivity index (χ4n) is 2.46. The summed E-state index contributed by atoms with van der Waals surface area (Å²) < 4.78 is 5.12. The van der Waals surface area contributed by atoms with Crippen molar-refractivity contribution in [3.8, 4) is 5.75 Å². The van der Waals surface area contributed by atoms with E-state index in [1.165, 1.54) is 14.0 Å². The number of carbonyl (C=O) groups excluding carboxylic acids is 2. The van der Waals surface area contributed by atoms with Gasteiger partial charge in [0.25, 0.3) is 0 Å². The number of carboxylic acids is 1. The molecule has 0 aromatic heterocycles. The molecule has 7 nitrogen and oxygen atoms in total. The Bertz CT molecular complexity index is 615. The first-order chi connectivity index (χ1) is 11.7. The summed E-state index contributed by atoms with van der Waals surface area (Å²) >= 11 is 0. The molecule has 1 rings (SSSR count). The first kappa shape index (κ1) is 20.5. The molecule has 0 aliphatic heterocycles. The summed E-state index contributed by atoms with van der Waals surface area (Å²) in [5.41, 5.74) is 0.729. The maximum absolute atomic E-state index is 12.4. The standard InChI is InChI=1S/C18H26N2O5/c1-11(2)8-15(19-12(3)21)17(22)20-16(18(23)24)10-13-6-5-7-14(9-13)25-4/h5-7,9,11,15-16H,8,10H2,1-4H3,(H,19,21)(H,20,22)(H,23,24)/t15-,16-/m0/s1. The van der Waals surface area contributed by atoms with Crippen LogP contribution >= 0.6 is 0 Å². The van der Waals surface area contributed by atoms with Crippen molar-refractivity contribution in [2.24, 2.45) is 5.92 Å². The molecule has 0 unspecified atom stereocenters. The van der Waals surface area contributed by atoms with Crippen LogP contribution in [0.1, 0.15) is 32.8 Å². The number of carboxylic acid groups (broad SMARTS) is 1. The third kappa shape index (κ3) is 7.24. The first-order valence-corrected chi connectivity index (χ1v) is 8.16. The van der Waals surface area contributed by atoms with Gasteiger partial charge in [0.2, 0.25) is 11.8 Å². The number of hydrogen-bond donors (Lipinski definition) is 3. The van der Waals surface area contributed by atoms with Crippen molar-refractivity contribution in [2.75, 3.05) is 7.11 Å². The molecular formula is C18H26N2O5. The van der Waals surface area contributed by atoms with Crippen LogP contribution in [0.25, 0.3) is 0 Å². The molecule has 0 aliphatic carbocycles. The van der Waals surface area contributed by atoms with Crippen LogP contribution < -0.4 is 15.4 Å².